The number of aryl methyl sites for hydroxylation is 2. The molecular weight excluding hydrogens is 649 g/mol. The topological polar surface area (TPSA) is 0 Å². The third-order valence-electron chi connectivity index (χ3n) is 10.1. The minimum Gasteiger partial charge on any atom is -0.0622 e. The van der Waals surface area contributed by atoms with Gasteiger partial charge >= 0.3 is 0 Å². The van der Waals surface area contributed by atoms with Crippen molar-refractivity contribution in [1.82, 2.24) is 0 Å². The molecule has 0 fully saturated rings. The van der Waals surface area contributed by atoms with Crippen LogP contribution in [-0.4, -0.2) is 0 Å². The monoisotopic (exact) mass is 694 g/mol. The SMILES string of the molecule is C/C(=C/c1ccc(/C=C\c2ccccc2-c2cc(C)c(-c3ccccc3/C=C\c3ccc(/C=C(\C)c4ccccc4)cc3)cc2C)cc1)c1ccccc1. The van der Waals surface area contributed by atoms with Crippen molar-refractivity contribution in [1.29, 1.82) is 0 Å². The van der Waals surface area contributed by atoms with Gasteiger partial charge in [-0.2, -0.15) is 0 Å². The van der Waals surface area contributed by atoms with E-state index in [1.54, 1.807) is 0 Å². The summed E-state index contributed by atoms with van der Waals surface area (Å²) in [6, 6.07) is 60.8. The minimum absolute atomic E-state index is 1.18. The van der Waals surface area contributed by atoms with E-state index in [9.17, 15) is 0 Å². The predicted molar refractivity (Wildman–Crippen MR) is 238 cm³/mol. The third-order valence-corrected chi connectivity index (χ3v) is 10.1. The van der Waals surface area contributed by atoms with E-state index in [2.05, 4.69) is 234 Å². The van der Waals surface area contributed by atoms with Crippen LogP contribution in [-0.2, 0) is 0 Å². The van der Waals surface area contributed by atoms with Crippen LogP contribution >= 0.6 is 0 Å². The molecule has 0 heteroatoms. The molecule has 0 N–H and O–H groups in total. The van der Waals surface area contributed by atoms with Crippen LogP contribution in [0.4, 0.5) is 0 Å². The van der Waals surface area contributed by atoms with Crippen molar-refractivity contribution in [3.63, 3.8) is 0 Å². The summed E-state index contributed by atoms with van der Waals surface area (Å²) in [4.78, 5) is 0. The van der Waals surface area contributed by atoms with Gasteiger partial charge in [-0.1, -0.05) is 206 Å². The molecule has 7 aromatic rings. The lowest BCUT2D eigenvalue weighted by Gasteiger charge is -2.16. The van der Waals surface area contributed by atoms with Crippen LogP contribution in [0.15, 0.2) is 170 Å². The Morgan fingerprint density at radius 2 is 0.667 bits per heavy atom. The van der Waals surface area contributed by atoms with Gasteiger partial charge < -0.3 is 0 Å². The third kappa shape index (κ3) is 8.75. The molecule has 0 aliphatic carbocycles. The first-order valence-corrected chi connectivity index (χ1v) is 18.7. The van der Waals surface area contributed by atoms with Crippen molar-refractivity contribution in [2.45, 2.75) is 27.7 Å². The molecule has 0 aromatic heterocycles. The highest BCUT2D eigenvalue weighted by molar-refractivity contribution is 5.88. The van der Waals surface area contributed by atoms with Crippen molar-refractivity contribution in [2.75, 3.05) is 0 Å². The van der Waals surface area contributed by atoms with Gasteiger partial charge in [-0.25, -0.2) is 0 Å². The lowest BCUT2D eigenvalue weighted by Crippen LogP contribution is -1.93. The Bertz CT molecular complexity index is 2290. The maximum absolute atomic E-state index is 2.36. The number of rotatable bonds is 10. The van der Waals surface area contributed by atoms with E-state index in [0.29, 0.717) is 0 Å². The highest BCUT2D eigenvalue weighted by Gasteiger charge is 2.12. The molecule has 262 valence electrons. The molecular formula is C54H46. The van der Waals surface area contributed by atoms with Gasteiger partial charge in [0.05, 0.1) is 0 Å². The Labute approximate surface area is 321 Å². The van der Waals surface area contributed by atoms with Gasteiger partial charge in [-0.3, -0.25) is 0 Å². The van der Waals surface area contributed by atoms with E-state index in [4.69, 9.17) is 0 Å². The van der Waals surface area contributed by atoms with E-state index < -0.39 is 0 Å². The van der Waals surface area contributed by atoms with Crippen molar-refractivity contribution < 1.29 is 0 Å². The smallest absolute Gasteiger partial charge is 0.0109 e. The number of hydrogen-bond donors (Lipinski definition) is 0. The molecule has 0 bridgehead atoms. The largest absolute Gasteiger partial charge is 0.0622 e. The zero-order valence-electron chi connectivity index (χ0n) is 31.6. The molecule has 0 saturated carbocycles. The molecule has 7 aromatic carbocycles. The maximum Gasteiger partial charge on any atom is -0.0109 e. The first-order valence-electron chi connectivity index (χ1n) is 18.7. The molecule has 0 nitrogen and oxygen atoms in total. The Morgan fingerprint density at radius 3 is 1.06 bits per heavy atom. The zero-order chi connectivity index (χ0) is 37.3. The van der Waals surface area contributed by atoms with Crippen LogP contribution in [0.1, 0.15) is 69.5 Å². The summed E-state index contributed by atoms with van der Waals surface area (Å²) in [6.07, 6.45) is 13.4. The maximum atomic E-state index is 2.36. The standard InChI is InChI=1S/C54H46/c1-39(47-15-7-5-8-16-47)35-45-27-23-43(24-28-45)31-33-49-19-11-13-21-51(49)53-37-42(4)54(38-41(53)3)52-22-14-12-20-50(52)34-32-44-25-29-46(30-26-44)36-40(2)48-17-9-6-10-18-48/h5-38H,1-4H3/b33-31-,34-32-,39-35-,40-36+. The number of hydrogen-bond acceptors (Lipinski definition) is 0. The first kappa shape index (κ1) is 35.9. The fraction of sp³-hybridized carbons (Fsp3) is 0.0741. The molecule has 0 aliphatic rings. The second-order valence-electron chi connectivity index (χ2n) is 14.0. The van der Waals surface area contributed by atoms with Gasteiger partial charge in [0, 0.05) is 0 Å². The summed E-state index contributed by atoms with van der Waals surface area (Å²) in [5.41, 5.74) is 19.7. The fourth-order valence-corrected chi connectivity index (χ4v) is 7.02. The van der Waals surface area contributed by atoms with E-state index >= 15 is 0 Å². The van der Waals surface area contributed by atoms with Crippen LogP contribution in [0.25, 0.3) is 69.9 Å². The van der Waals surface area contributed by atoms with Crippen LogP contribution in [0.5, 0.6) is 0 Å². The quantitative estimate of drug-likeness (QED) is 0.125. The predicted octanol–water partition coefficient (Wildman–Crippen LogP) is 15.1. The lowest BCUT2D eigenvalue weighted by molar-refractivity contribution is 1.38. The van der Waals surface area contributed by atoms with Gasteiger partial charge in [0.15, 0.2) is 0 Å². The normalized spacial score (nSPS) is 12.1. The van der Waals surface area contributed by atoms with Crippen LogP contribution in [0, 0.1) is 13.8 Å². The average Bonchev–Trinajstić information content (AvgIpc) is 3.22. The second-order valence-corrected chi connectivity index (χ2v) is 14.0. The molecule has 0 radical (unpaired) electrons. The van der Waals surface area contributed by atoms with E-state index in [1.165, 1.54) is 89.0 Å². The van der Waals surface area contributed by atoms with Crippen LogP contribution < -0.4 is 0 Å². The van der Waals surface area contributed by atoms with E-state index in [-0.39, 0.29) is 0 Å². The Kier molecular flexibility index (Phi) is 11.2. The summed E-state index contributed by atoms with van der Waals surface area (Å²) in [5, 5.41) is 0. The summed E-state index contributed by atoms with van der Waals surface area (Å²) in [6.45, 7) is 8.80. The fourth-order valence-electron chi connectivity index (χ4n) is 7.02. The molecule has 0 aliphatic heterocycles. The summed E-state index contributed by atoms with van der Waals surface area (Å²) < 4.78 is 0. The van der Waals surface area contributed by atoms with Crippen LogP contribution in [0.2, 0.25) is 0 Å². The first-order chi connectivity index (χ1) is 26.4. The molecule has 0 unspecified atom stereocenters. The van der Waals surface area contributed by atoms with Gasteiger partial charge in [0.1, 0.15) is 0 Å². The number of benzene rings is 7. The number of allylic oxidation sites excluding steroid dienone is 2. The van der Waals surface area contributed by atoms with Crippen molar-refractivity contribution in [2.24, 2.45) is 0 Å². The summed E-state index contributed by atoms with van der Waals surface area (Å²) >= 11 is 0. The van der Waals surface area contributed by atoms with Gasteiger partial charge in [-0.05, 0) is 117 Å². The molecule has 0 heterocycles. The van der Waals surface area contributed by atoms with Crippen LogP contribution in [0.3, 0.4) is 0 Å². The summed E-state index contributed by atoms with van der Waals surface area (Å²) in [7, 11) is 0. The minimum atomic E-state index is 1.18. The van der Waals surface area contributed by atoms with Gasteiger partial charge in [-0.15, -0.1) is 0 Å². The van der Waals surface area contributed by atoms with E-state index in [0.717, 1.165) is 0 Å². The molecule has 0 amide bonds. The van der Waals surface area contributed by atoms with Gasteiger partial charge in [0.25, 0.3) is 0 Å². The van der Waals surface area contributed by atoms with Crippen molar-refractivity contribution in [3.8, 4) is 22.3 Å². The Balaban J connectivity index is 1.09. The molecule has 54 heavy (non-hydrogen) atoms. The van der Waals surface area contributed by atoms with Gasteiger partial charge in [0.2, 0.25) is 0 Å². The highest BCUT2D eigenvalue weighted by Crippen LogP contribution is 2.36. The average molecular weight is 695 g/mol. The Hall–Kier alpha value is -6.50. The lowest BCUT2D eigenvalue weighted by atomic mass is 9.88. The molecule has 0 spiro atoms. The van der Waals surface area contributed by atoms with E-state index in [1.807, 2.05) is 0 Å². The highest BCUT2D eigenvalue weighted by atomic mass is 14.2. The Morgan fingerprint density at radius 1 is 0.333 bits per heavy atom. The zero-order valence-corrected chi connectivity index (χ0v) is 31.6. The molecule has 0 atom stereocenters. The van der Waals surface area contributed by atoms with Crippen molar-refractivity contribution in [3.05, 3.63) is 225 Å². The summed E-state index contributed by atoms with van der Waals surface area (Å²) in [5.74, 6) is 0. The second kappa shape index (κ2) is 16.9. The molecule has 7 rings (SSSR count). The molecule has 0 saturated heterocycles. The van der Waals surface area contributed by atoms with Crippen molar-refractivity contribution >= 4 is 47.6 Å².